The van der Waals surface area contributed by atoms with E-state index in [1.165, 1.54) is 6.07 Å². The number of thiazole rings is 1. The molecule has 2 aromatic carbocycles. The van der Waals surface area contributed by atoms with Crippen molar-refractivity contribution in [2.24, 2.45) is 5.73 Å². The second-order valence-corrected chi connectivity index (χ2v) is 6.60. The summed E-state index contributed by atoms with van der Waals surface area (Å²) in [5, 5.41) is 5.64. The lowest BCUT2D eigenvalue weighted by Crippen LogP contribution is -2.15. The number of amides is 2. The zero-order valence-corrected chi connectivity index (χ0v) is 14.9. The summed E-state index contributed by atoms with van der Waals surface area (Å²) in [4.78, 5) is 28.2. The molecule has 0 unspecified atom stereocenters. The van der Waals surface area contributed by atoms with Gasteiger partial charge in [-0.1, -0.05) is 18.2 Å². The second kappa shape index (κ2) is 7.79. The van der Waals surface area contributed by atoms with E-state index >= 15 is 0 Å². The number of para-hydroxylation sites is 1. The Morgan fingerprint density at radius 1 is 1.19 bits per heavy atom. The molecule has 0 spiro atoms. The first kappa shape index (κ1) is 17.6. The van der Waals surface area contributed by atoms with Crippen LogP contribution in [0.2, 0.25) is 0 Å². The summed E-state index contributed by atoms with van der Waals surface area (Å²) in [7, 11) is 0. The average Bonchev–Trinajstić information content (AvgIpc) is 3.05. The van der Waals surface area contributed by atoms with Gasteiger partial charge in [0.2, 0.25) is 5.91 Å². The molecule has 0 fully saturated rings. The Bertz CT molecular complexity index is 952. The molecule has 3 rings (SSSR count). The number of carbonyl (C=O) groups excluding carboxylic acids is 2. The highest BCUT2D eigenvalue weighted by Gasteiger charge is 2.13. The molecule has 0 radical (unpaired) electrons. The number of nitrogens with two attached hydrogens (primary N) is 1. The van der Waals surface area contributed by atoms with Crippen LogP contribution in [-0.4, -0.2) is 16.8 Å². The molecule has 132 valence electrons. The van der Waals surface area contributed by atoms with Gasteiger partial charge in [-0.2, -0.15) is 0 Å². The van der Waals surface area contributed by atoms with Crippen LogP contribution in [0.15, 0.2) is 53.9 Å². The molecule has 0 saturated carbocycles. The summed E-state index contributed by atoms with van der Waals surface area (Å²) in [6.07, 6.45) is 0. The van der Waals surface area contributed by atoms with Gasteiger partial charge in [0, 0.05) is 16.6 Å². The van der Waals surface area contributed by atoms with Gasteiger partial charge in [-0.05, 0) is 37.3 Å². The molecule has 6 nitrogen and oxygen atoms in total. The van der Waals surface area contributed by atoms with Gasteiger partial charge in [-0.3, -0.25) is 9.59 Å². The van der Waals surface area contributed by atoms with Gasteiger partial charge >= 0.3 is 0 Å². The fourth-order valence-electron chi connectivity index (χ4n) is 2.35. The molecule has 1 heterocycles. The fraction of sp³-hybridized carbons (Fsp3) is 0.105. The number of nitrogens with one attached hydrogen (secondary N) is 1. The number of benzene rings is 2. The molecule has 0 saturated heterocycles. The van der Waals surface area contributed by atoms with E-state index in [-0.39, 0.29) is 12.5 Å². The van der Waals surface area contributed by atoms with Crippen LogP contribution in [-0.2, 0) is 6.61 Å². The van der Waals surface area contributed by atoms with Gasteiger partial charge in [0.05, 0.1) is 16.3 Å². The Kier molecular flexibility index (Phi) is 5.28. The van der Waals surface area contributed by atoms with E-state index in [9.17, 15) is 9.59 Å². The minimum Gasteiger partial charge on any atom is -0.486 e. The van der Waals surface area contributed by atoms with E-state index in [1.807, 2.05) is 12.3 Å². The molecule has 7 heteroatoms. The van der Waals surface area contributed by atoms with Crippen LogP contribution >= 0.6 is 11.3 Å². The van der Waals surface area contributed by atoms with Crippen LogP contribution in [0, 0.1) is 6.92 Å². The van der Waals surface area contributed by atoms with Crippen LogP contribution in [0.3, 0.4) is 0 Å². The van der Waals surface area contributed by atoms with Crippen molar-refractivity contribution in [1.29, 1.82) is 0 Å². The third-order valence-electron chi connectivity index (χ3n) is 3.58. The highest BCUT2D eigenvalue weighted by atomic mass is 32.1. The number of ether oxygens (including phenoxy) is 1. The van der Waals surface area contributed by atoms with E-state index in [0.29, 0.717) is 22.6 Å². The van der Waals surface area contributed by atoms with Gasteiger partial charge < -0.3 is 15.8 Å². The van der Waals surface area contributed by atoms with Crippen molar-refractivity contribution in [3.8, 4) is 5.75 Å². The van der Waals surface area contributed by atoms with Crippen molar-refractivity contribution in [2.45, 2.75) is 13.5 Å². The standard InChI is InChI=1S/C19H17N3O3S/c1-12-21-15(11-26-12)10-25-17-8-3-2-7-16(17)19(24)22-14-6-4-5-13(9-14)18(20)23/h2-9,11H,10H2,1H3,(H2,20,23)(H,22,24). The van der Waals surface area contributed by atoms with Gasteiger partial charge in [0.25, 0.3) is 5.91 Å². The summed E-state index contributed by atoms with van der Waals surface area (Å²) in [6, 6.07) is 13.4. The first-order valence-electron chi connectivity index (χ1n) is 7.87. The lowest BCUT2D eigenvalue weighted by Gasteiger charge is -2.11. The van der Waals surface area contributed by atoms with E-state index in [1.54, 1.807) is 53.8 Å². The molecule has 0 aliphatic carbocycles. The van der Waals surface area contributed by atoms with Crippen molar-refractivity contribution in [3.05, 3.63) is 75.7 Å². The third-order valence-corrected chi connectivity index (χ3v) is 4.40. The minimum atomic E-state index is -0.552. The maximum atomic E-state index is 12.6. The van der Waals surface area contributed by atoms with Crippen molar-refractivity contribution in [2.75, 3.05) is 5.32 Å². The van der Waals surface area contributed by atoms with Crippen LogP contribution < -0.4 is 15.8 Å². The molecule has 26 heavy (non-hydrogen) atoms. The van der Waals surface area contributed by atoms with E-state index in [2.05, 4.69) is 10.3 Å². The Balaban J connectivity index is 1.75. The SMILES string of the molecule is Cc1nc(COc2ccccc2C(=O)Nc2cccc(C(N)=O)c2)cs1. The third kappa shape index (κ3) is 4.25. The molecule has 0 atom stereocenters. The van der Waals surface area contributed by atoms with Crippen molar-refractivity contribution < 1.29 is 14.3 Å². The number of hydrogen-bond acceptors (Lipinski definition) is 5. The Morgan fingerprint density at radius 2 is 2.00 bits per heavy atom. The van der Waals surface area contributed by atoms with E-state index in [0.717, 1.165) is 10.7 Å². The zero-order valence-electron chi connectivity index (χ0n) is 14.1. The summed E-state index contributed by atoms with van der Waals surface area (Å²) in [5.74, 6) is -0.429. The Morgan fingerprint density at radius 3 is 2.73 bits per heavy atom. The molecule has 1 aromatic heterocycles. The molecule has 0 aliphatic heterocycles. The molecular weight excluding hydrogens is 350 g/mol. The number of anilines is 1. The lowest BCUT2D eigenvalue weighted by molar-refractivity contribution is 0.0995. The largest absolute Gasteiger partial charge is 0.486 e. The Hall–Kier alpha value is -3.19. The fourth-order valence-corrected chi connectivity index (χ4v) is 2.95. The van der Waals surface area contributed by atoms with Crippen LogP contribution in [0.1, 0.15) is 31.4 Å². The van der Waals surface area contributed by atoms with Crippen LogP contribution in [0.4, 0.5) is 5.69 Å². The predicted octanol–water partition coefficient (Wildman–Crippen LogP) is 3.38. The van der Waals surface area contributed by atoms with E-state index < -0.39 is 5.91 Å². The molecule has 0 aliphatic rings. The highest BCUT2D eigenvalue weighted by molar-refractivity contribution is 7.09. The number of hydrogen-bond donors (Lipinski definition) is 2. The van der Waals surface area contributed by atoms with Gasteiger partial charge in [0.1, 0.15) is 12.4 Å². The van der Waals surface area contributed by atoms with Crippen LogP contribution in [0.25, 0.3) is 0 Å². The number of primary amides is 1. The Labute approximate surface area is 154 Å². The van der Waals surface area contributed by atoms with Crippen molar-refractivity contribution >= 4 is 28.8 Å². The molecule has 3 aromatic rings. The van der Waals surface area contributed by atoms with Crippen molar-refractivity contribution in [1.82, 2.24) is 4.98 Å². The quantitative estimate of drug-likeness (QED) is 0.698. The summed E-state index contributed by atoms with van der Waals surface area (Å²) >= 11 is 1.55. The summed E-state index contributed by atoms with van der Waals surface area (Å²) < 4.78 is 5.77. The first-order chi connectivity index (χ1) is 12.5. The maximum Gasteiger partial charge on any atom is 0.259 e. The van der Waals surface area contributed by atoms with Gasteiger partial charge in [0.15, 0.2) is 0 Å². The van der Waals surface area contributed by atoms with Gasteiger partial charge in [-0.25, -0.2) is 4.98 Å². The molecular formula is C19H17N3O3S. The smallest absolute Gasteiger partial charge is 0.259 e. The summed E-state index contributed by atoms with van der Waals surface area (Å²) in [5.41, 5.74) is 7.29. The number of nitrogens with zero attached hydrogens (tertiary/aromatic N) is 1. The maximum absolute atomic E-state index is 12.6. The first-order valence-corrected chi connectivity index (χ1v) is 8.75. The highest BCUT2D eigenvalue weighted by Crippen LogP contribution is 2.22. The predicted molar refractivity (Wildman–Crippen MR) is 101 cm³/mol. The van der Waals surface area contributed by atoms with Crippen molar-refractivity contribution in [3.63, 3.8) is 0 Å². The zero-order chi connectivity index (χ0) is 18.5. The number of aryl methyl sites for hydroxylation is 1. The van der Waals surface area contributed by atoms with Crippen LogP contribution in [0.5, 0.6) is 5.75 Å². The number of aromatic nitrogens is 1. The van der Waals surface area contributed by atoms with Gasteiger partial charge in [-0.15, -0.1) is 11.3 Å². The molecule has 3 N–H and O–H groups in total. The second-order valence-electron chi connectivity index (χ2n) is 5.54. The lowest BCUT2D eigenvalue weighted by atomic mass is 10.1. The molecule has 0 bridgehead atoms. The van der Waals surface area contributed by atoms with E-state index in [4.69, 9.17) is 10.5 Å². The molecule has 2 amide bonds. The monoisotopic (exact) mass is 367 g/mol. The average molecular weight is 367 g/mol. The summed E-state index contributed by atoms with van der Waals surface area (Å²) in [6.45, 7) is 2.21. The minimum absolute atomic E-state index is 0.284. The number of rotatable bonds is 6. The number of carbonyl (C=O) groups is 2. The normalized spacial score (nSPS) is 10.3. The topological polar surface area (TPSA) is 94.3 Å².